The summed E-state index contributed by atoms with van der Waals surface area (Å²) in [6, 6.07) is 25.6. The lowest BCUT2D eigenvalue weighted by atomic mass is 10.1. The Bertz CT molecular complexity index is 1150. The molecule has 3 aromatic rings. The van der Waals surface area contributed by atoms with Crippen LogP contribution >= 0.6 is 0 Å². The molecule has 5 heteroatoms. The summed E-state index contributed by atoms with van der Waals surface area (Å²) in [4.78, 5) is 27.4. The molecular formula is C30H32N2O3. The number of aryl methyl sites for hydroxylation is 1. The maximum atomic E-state index is 13.2. The van der Waals surface area contributed by atoms with Gasteiger partial charge in [-0.3, -0.25) is 9.59 Å². The Morgan fingerprint density at radius 3 is 2.51 bits per heavy atom. The second-order valence-electron chi connectivity index (χ2n) is 8.94. The average Bonchev–Trinajstić information content (AvgIpc) is 3.40. The number of ether oxygens (including phenoxy) is 1. The highest BCUT2D eigenvalue weighted by Crippen LogP contribution is 2.20. The lowest BCUT2D eigenvalue weighted by Crippen LogP contribution is -2.32. The second kappa shape index (κ2) is 12.1. The fourth-order valence-electron chi connectivity index (χ4n) is 4.19. The fourth-order valence-corrected chi connectivity index (χ4v) is 4.19. The van der Waals surface area contributed by atoms with E-state index in [0.29, 0.717) is 19.5 Å². The van der Waals surface area contributed by atoms with Crippen molar-refractivity contribution in [2.75, 3.05) is 18.1 Å². The van der Waals surface area contributed by atoms with Gasteiger partial charge in [0.25, 0.3) is 5.91 Å². The van der Waals surface area contributed by atoms with Gasteiger partial charge in [-0.1, -0.05) is 72.3 Å². The molecule has 35 heavy (non-hydrogen) atoms. The predicted octanol–water partition coefficient (Wildman–Crippen LogP) is 5.08. The van der Waals surface area contributed by atoms with Gasteiger partial charge in [-0.2, -0.15) is 0 Å². The van der Waals surface area contributed by atoms with E-state index < -0.39 is 0 Å². The highest BCUT2D eigenvalue weighted by atomic mass is 16.5. The summed E-state index contributed by atoms with van der Waals surface area (Å²) in [5.74, 6) is -0.121. The maximum absolute atomic E-state index is 13.2. The van der Waals surface area contributed by atoms with E-state index >= 15 is 0 Å². The topological polar surface area (TPSA) is 58.6 Å². The molecule has 1 heterocycles. The van der Waals surface area contributed by atoms with E-state index in [0.717, 1.165) is 47.4 Å². The van der Waals surface area contributed by atoms with Gasteiger partial charge in [-0.05, 0) is 54.7 Å². The Hall–Kier alpha value is -3.70. The molecule has 1 fully saturated rings. The first-order valence-electron chi connectivity index (χ1n) is 12.1. The van der Waals surface area contributed by atoms with Crippen molar-refractivity contribution < 1.29 is 14.3 Å². The summed E-state index contributed by atoms with van der Waals surface area (Å²) in [6.45, 7) is 3.84. The van der Waals surface area contributed by atoms with Crippen molar-refractivity contribution in [1.29, 1.82) is 0 Å². The number of hydrogen-bond acceptors (Lipinski definition) is 3. The van der Waals surface area contributed by atoms with Gasteiger partial charge in [-0.25, -0.2) is 0 Å². The predicted molar refractivity (Wildman–Crippen MR) is 140 cm³/mol. The molecule has 1 aliphatic rings. The molecule has 1 N–H and O–H groups in total. The van der Waals surface area contributed by atoms with Crippen LogP contribution in [-0.2, 0) is 27.3 Å². The number of carbonyl (C=O) groups is 2. The highest BCUT2D eigenvalue weighted by molar-refractivity contribution is 6.03. The standard InChI is InChI=1S/C30H32N2O3/c1-23-7-5-10-26(19-23)22-32(30(34)17-14-24-8-3-2-4-9-24)27-15-12-25(13-16-27)20-29(33)31-21-28-11-6-18-35-28/h2-5,7-10,12-17,19,28H,6,11,18,20-22H2,1H3,(H,31,33)/b17-14+/t28-/m1/s1. The molecule has 4 rings (SSSR count). The van der Waals surface area contributed by atoms with E-state index in [1.54, 1.807) is 11.0 Å². The Kier molecular flexibility index (Phi) is 8.47. The number of nitrogens with one attached hydrogen (secondary N) is 1. The number of benzene rings is 3. The van der Waals surface area contributed by atoms with Gasteiger partial charge in [0.2, 0.25) is 5.91 Å². The van der Waals surface area contributed by atoms with E-state index in [-0.39, 0.29) is 17.9 Å². The minimum atomic E-state index is -0.0996. The number of carbonyl (C=O) groups excluding carboxylic acids is 2. The molecule has 1 atom stereocenters. The zero-order chi connectivity index (χ0) is 24.5. The second-order valence-corrected chi connectivity index (χ2v) is 8.94. The summed E-state index contributed by atoms with van der Waals surface area (Å²) in [7, 11) is 0. The van der Waals surface area contributed by atoms with Gasteiger partial charge in [0, 0.05) is 24.9 Å². The van der Waals surface area contributed by atoms with Crippen molar-refractivity contribution >= 4 is 23.6 Å². The Morgan fingerprint density at radius 2 is 1.80 bits per heavy atom. The molecule has 0 aliphatic carbocycles. The third-order valence-electron chi connectivity index (χ3n) is 6.07. The largest absolute Gasteiger partial charge is 0.376 e. The molecule has 3 aromatic carbocycles. The molecule has 1 saturated heterocycles. The first-order chi connectivity index (χ1) is 17.1. The quantitative estimate of drug-likeness (QED) is 0.446. The number of anilines is 1. The van der Waals surface area contributed by atoms with Crippen molar-refractivity contribution in [3.05, 3.63) is 107 Å². The highest BCUT2D eigenvalue weighted by Gasteiger charge is 2.17. The van der Waals surface area contributed by atoms with Crippen molar-refractivity contribution in [2.24, 2.45) is 0 Å². The van der Waals surface area contributed by atoms with Crippen LogP contribution in [0.2, 0.25) is 0 Å². The minimum Gasteiger partial charge on any atom is -0.376 e. The average molecular weight is 469 g/mol. The van der Waals surface area contributed by atoms with Gasteiger partial charge in [-0.15, -0.1) is 0 Å². The maximum Gasteiger partial charge on any atom is 0.251 e. The van der Waals surface area contributed by atoms with Crippen LogP contribution in [0.3, 0.4) is 0 Å². The van der Waals surface area contributed by atoms with E-state index in [1.165, 1.54) is 0 Å². The van der Waals surface area contributed by atoms with Gasteiger partial charge < -0.3 is 15.0 Å². The SMILES string of the molecule is Cc1cccc(CN(C(=O)/C=C/c2ccccc2)c2ccc(CC(=O)NC[C@H]3CCCO3)cc2)c1. The summed E-state index contributed by atoms with van der Waals surface area (Å²) >= 11 is 0. The van der Waals surface area contributed by atoms with Crippen LogP contribution in [0.5, 0.6) is 0 Å². The van der Waals surface area contributed by atoms with E-state index in [2.05, 4.69) is 11.4 Å². The van der Waals surface area contributed by atoms with E-state index in [4.69, 9.17) is 4.74 Å². The lowest BCUT2D eigenvalue weighted by molar-refractivity contribution is -0.121. The summed E-state index contributed by atoms with van der Waals surface area (Å²) in [5, 5.41) is 2.96. The number of rotatable bonds is 9. The molecule has 2 amide bonds. The molecule has 0 bridgehead atoms. The molecule has 5 nitrogen and oxygen atoms in total. The molecule has 0 spiro atoms. The molecular weight excluding hydrogens is 436 g/mol. The van der Waals surface area contributed by atoms with Crippen molar-refractivity contribution in [3.8, 4) is 0 Å². The van der Waals surface area contributed by atoms with E-state index in [1.807, 2.05) is 85.8 Å². The monoisotopic (exact) mass is 468 g/mol. The lowest BCUT2D eigenvalue weighted by Gasteiger charge is -2.22. The molecule has 0 aromatic heterocycles. The van der Waals surface area contributed by atoms with Crippen LogP contribution in [0.1, 0.15) is 35.1 Å². The molecule has 180 valence electrons. The molecule has 1 aliphatic heterocycles. The Balaban J connectivity index is 1.46. The molecule has 0 radical (unpaired) electrons. The van der Waals surface area contributed by atoms with Crippen molar-refractivity contribution in [1.82, 2.24) is 5.32 Å². The summed E-state index contributed by atoms with van der Waals surface area (Å²) in [6.07, 6.45) is 5.92. The van der Waals surface area contributed by atoms with Gasteiger partial charge >= 0.3 is 0 Å². The number of amides is 2. The molecule has 0 saturated carbocycles. The Labute approximate surface area is 207 Å². The normalized spacial score (nSPS) is 15.3. The smallest absolute Gasteiger partial charge is 0.251 e. The Morgan fingerprint density at radius 1 is 1.00 bits per heavy atom. The van der Waals surface area contributed by atoms with Crippen LogP contribution in [-0.4, -0.2) is 31.1 Å². The third kappa shape index (κ3) is 7.39. The van der Waals surface area contributed by atoms with Gasteiger partial charge in [0.05, 0.1) is 19.1 Å². The zero-order valence-electron chi connectivity index (χ0n) is 20.2. The zero-order valence-corrected chi connectivity index (χ0v) is 20.2. The number of nitrogens with zero attached hydrogens (tertiary/aromatic N) is 1. The van der Waals surface area contributed by atoms with Gasteiger partial charge in [0.15, 0.2) is 0 Å². The van der Waals surface area contributed by atoms with Crippen LogP contribution in [0, 0.1) is 6.92 Å². The first-order valence-corrected chi connectivity index (χ1v) is 12.1. The van der Waals surface area contributed by atoms with Crippen molar-refractivity contribution in [3.63, 3.8) is 0 Å². The van der Waals surface area contributed by atoms with Crippen molar-refractivity contribution in [2.45, 2.75) is 38.8 Å². The van der Waals surface area contributed by atoms with Crippen LogP contribution in [0.25, 0.3) is 6.08 Å². The summed E-state index contributed by atoms with van der Waals surface area (Å²) in [5.41, 5.74) is 4.88. The van der Waals surface area contributed by atoms with Crippen LogP contribution < -0.4 is 10.2 Å². The minimum absolute atomic E-state index is 0.0215. The van der Waals surface area contributed by atoms with E-state index in [9.17, 15) is 9.59 Å². The number of hydrogen-bond donors (Lipinski definition) is 1. The summed E-state index contributed by atoms with van der Waals surface area (Å²) < 4.78 is 5.56. The van der Waals surface area contributed by atoms with Crippen LogP contribution in [0.15, 0.2) is 84.9 Å². The fraction of sp³-hybridized carbons (Fsp3) is 0.267. The molecule has 0 unspecified atom stereocenters. The third-order valence-corrected chi connectivity index (χ3v) is 6.07. The van der Waals surface area contributed by atoms with Gasteiger partial charge in [0.1, 0.15) is 0 Å². The van der Waals surface area contributed by atoms with Crippen LogP contribution in [0.4, 0.5) is 5.69 Å². The first kappa shape index (κ1) is 24.4.